The molecule has 10 heteroatoms. The minimum absolute atomic E-state index is 0.0113. The number of carbonyl (C=O) groups excluding carboxylic acids is 2. The number of aromatic nitrogens is 2. The number of nitrogens with one attached hydrogen (secondary N) is 1. The number of hydrogen-bond acceptors (Lipinski definition) is 7. The quantitative estimate of drug-likeness (QED) is 0.365. The lowest BCUT2D eigenvalue weighted by molar-refractivity contribution is -0.115. The average Bonchev–Trinajstić information content (AvgIpc) is 3.26. The van der Waals surface area contributed by atoms with Crippen LogP contribution >= 0.6 is 11.3 Å². The zero-order valence-corrected chi connectivity index (χ0v) is 19.9. The number of halogens is 1. The summed E-state index contributed by atoms with van der Waals surface area (Å²) in [6.07, 6.45) is -0.0113. The van der Waals surface area contributed by atoms with E-state index in [1.165, 1.54) is 24.3 Å². The van der Waals surface area contributed by atoms with Crippen LogP contribution in [0, 0.1) is 5.82 Å². The molecule has 2 aromatic heterocycles. The third kappa shape index (κ3) is 5.22. The van der Waals surface area contributed by atoms with Crippen LogP contribution in [0.25, 0.3) is 16.5 Å². The van der Waals surface area contributed by atoms with Gasteiger partial charge in [-0.15, -0.1) is 11.3 Å². The molecule has 2 heterocycles. The monoisotopic (exact) mass is 495 g/mol. The summed E-state index contributed by atoms with van der Waals surface area (Å²) in [6, 6.07) is 12.3. The molecular weight excluding hydrogens is 473 g/mol. The number of hydrogen-bond donors (Lipinski definition) is 1. The van der Waals surface area contributed by atoms with Gasteiger partial charge in [0.2, 0.25) is 5.91 Å². The Morgan fingerprint density at radius 1 is 1.06 bits per heavy atom. The van der Waals surface area contributed by atoms with E-state index >= 15 is 0 Å². The molecule has 0 saturated heterocycles. The predicted molar refractivity (Wildman–Crippen MR) is 131 cm³/mol. The van der Waals surface area contributed by atoms with Crippen molar-refractivity contribution in [2.45, 2.75) is 20.3 Å². The summed E-state index contributed by atoms with van der Waals surface area (Å²) in [5.74, 6) is -0.839. The Labute approximate surface area is 203 Å². The molecule has 1 amide bonds. The second-order valence-corrected chi connectivity index (χ2v) is 8.30. The first-order valence-corrected chi connectivity index (χ1v) is 11.8. The van der Waals surface area contributed by atoms with E-state index < -0.39 is 17.3 Å². The van der Waals surface area contributed by atoms with Gasteiger partial charge in [0.1, 0.15) is 16.6 Å². The molecule has 0 atom stereocenters. The number of anilines is 1. The molecule has 0 unspecified atom stereocenters. The van der Waals surface area contributed by atoms with Gasteiger partial charge in [-0.05, 0) is 55.8 Å². The second kappa shape index (κ2) is 10.5. The molecule has 0 saturated carbocycles. The number of thiophene rings is 1. The van der Waals surface area contributed by atoms with Crippen LogP contribution < -0.4 is 15.6 Å². The molecule has 0 aliphatic heterocycles. The van der Waals surface area contributed by atoms with Gasteiger partial charge < -0.3 is 14.8 Å². The fourth-order valence-electron chi connectivity index (χ4n) is 3.48. The van der Waals surface area contributed by atoms with E-state index in [1.807, 2.05) is 6.92 Å². The largest absolute Gasteiger partial charge is 0.494 e. The van der Waals surface area contributed by atoms with Crippen LogP contribution in [0.15, 0.2) is 58.7 Å². The first kappa shape index (κ1) is 24.1. The topological polar surface area (TPSA) is 99.5 Å². The number of nitrogens with zero attached hydrogens (tertiary/aromatic N) is 2. The summed E-state index contributed by atoms with van der Waals surface area (Å²) in [5, 5.41) is 9.33. The van der Waals surface area contributed by atoms with Gasteiger partial charge in [0, 0.05) is 10.8 Å². The summed E-state index contributed by atoms with van der Waals surface area (Å²) in [6.45, 7) is 4.16. The number of benzene rings is 2. The second-order valence-electron chi connectivity index (χ2n) is 7.42. The maximum Gasteiger partial charge on any atom is 0.359 e. The molecule has 4 aromatic rings. The molecule has 35 heavy (non-hydrogen) atoms. The van der Waals surface area contributed by atoms with E-state index in [0.29, 0.717) is 23.6 Å². The van der Waals surface area contributed by atoms with Gasteiger partial charge in [0.15, 0.2) is 5.69 Å². The van der Waals surface area contributed by atoms with Crippen LogP contribution in [-0.2, 0) is 16.0 Å². The SMILES string of the molecule is CCOC(=O)c1nn(-c2ccc(OCC)cc2)c(=O)c2c(NC(=O)Cc3ccc(F)cc3)scc12. The Balaban J connectivity index is 1.76. The minimum atomic E-state index is -0.681. The lowest BCUT2D eigenvalue weighted by atomic mass is 10.1. The molecule has 1 N–H and O–H groups in total. The van der Waals surface area contributed by atoms with E-state index in [9.17, 15) is 18.8 Å². The number of rotatable bonds is 8. The lowest BCUT2D eigenvalue weighted by Gasteiger charge is -2.11. The van der Waals surface area contributed by atoms with E-state index in [4.69, 9.17) is 9.47 Å². The normalized spacial score (nSPS) is 10.8. The fraction of sp³-hybridized carbons (Fsp3) is 0.200. The maximum atomic E-state index is 13.5. The molecule has 2 aromatic carbocycles. The highest BCUT2D eigenvalue weighted by Gasteiger charge is 2.23. The summed E-state index contributed by atoms with van der Waals surface area (Å²) in [4.78, 5) is 38.8. The summed E-state index contributed by atoms with van der Waals surface area (Å²) in [7, 11) is 0. The highest BCUT2D eigenvalue weighted by Crippen LogP contribution is 2.31. The van der Waals surface area contributed by atoms with Crippen molar-refractivity contribution in [2.75, 3.05) is 18.5 Å². The van der Waals surface area contributed by atoms with Crippen molar-refractivity contribution in [2.24, 2.45) is 0 Å². The molecule has 0 spiro atoms. The Morgan fingerprint density at radius 3 is 2.43 bits per heavy atom. The van der Waals surface area contributed by atoms with Crippen LogP contribution in [0.2, 0.25) is 0 Å². The Bertz CT molecular complexity index is 1430. The minimum Gasteiger partial charge on any atom is -0.494 e. The number of carbonyl (C=O) groups is 2. The zero-order valence-electron chi connectivity index (χ0n) is 19.0. The summed E-state index contributed by atoms with van der Waals surface area (Å²) < 4.78 is 24.9. The van der Waals surface area contributed by atoms with E-state index in [2.05, 4.69) is 10.4 Å². The third-order valence-corrected chi connectivity index (χ3v) is 5.94. The molecule has 0 bridgehead atoms. The van der Waals surface area contributed by atoms with Gasteiger partial charge in [-0.1, -0.05) is 12.1 Å². The standard InChI is InChI=1S/C25H22FN3O5S/c1-3-33-18-11-9-17(10-12-18)29-24(31)21-19(22(28-29)25(32)34-4-2)14-35-23(21)27-20(30)13-15-5-7-16(26)8-6-15/h5-12,14H,3-4,13H2,1-2H3,(H,27,30). The number of ether oxygens (including phenoxy) is 2. The van der Waals surface area contributed by atoms with Crippen LogP contribution in [0.5, 0.6) is 5.75 Å². The van der Waals surface area contributed by atoms with Crippen molar-refractivity contribution in [3.63, 3.8) is 0 Å². The van der Waals surface area contributed by atoms with Crippen molar-refractivity contribution < 1.29 is 23.5 Å². The summed E-state index contributed by atoms with van der Waals surface area (Å²) >= 11 is 1.11. The highest BCUT2D eigenvalue weighted by atomic mass is 32.1. The summed E-state index contributed by atoms with van der Waals surface area (Å²) in [5.41, 5.74) is 0.493. The van der Waals surface area contributed by atoms with Crippen molar-refractivity contribution >= 4 is 39.0 Å². The van der Waals surface area contributed by atoms with Gasteiger partial charge in [-0.3, -0.25) is 9.59 Å². The smallest absolute Gasteiger partial charge is 0.359 e. The van der Waals surface area contributed by atoms with Crippen molar-refractivity contribution in [3.05, 3.63) is 81.3 Å². The molecule has 0 aliphatic carbocycles. The van der Waals surface area contributed by atoms with Gasteiger partial charge in [-0.2, -0.15) is 9.78 Å². The van der Waals surface area contributed by atoms with Crippen LogP contribution in [0.1, 0.15) is 29.9 Å². The molecule has 0 radical (unpaired) electrons. The molecular formula is C25H22FN3O5S. The van der Waals surface area contributed by atoms with E-state index in [0.717, 1.165) is 16.0 Å². The molecule has 0 fully saturated rings. The molecule has 8 nitrogen and oxygen atoms in total. The Hall–Kier alpha value is -4.05. The van der Waals surface area contributed by atoms with Crippen LogP contribution in [0.4, 0.5) is 9.39 Å². The maximum absolute atomic E-state index is 13.5. The first-order valence-electron chi connectivity index (χ1n) is 10.9. The number of amides is 1. The van der Waals surface area contributed by atoms with E-state index in [-0.39, 0.29) is 40.4 Å². The molecule has 0 aliphatic rings. The highest BCUT2D eigenvalue weighted by molar-refractivity contribution is 7.16. The Kier molecular flexibility index (Phi) is 7.21. The van der Waals surface area contributed by atoms with Gasteiger partial charge >= 0.3 is 5.97 Å². The van der Waals surface area contributed by atoms with Crippen LogP contribution in [-0.4, -0.2) is 34.9 Å². The van der Waals surface area contributed by atoms with E-state index in [1.54, 1.807) is 36.6 Å². The van der Waals surface area contributed by atoms with Crippen molar-refractivity contribution in [1.82, 2.24) is 9.78 Å². The predicted octanol–water partition coefficient (Wildman–Crippen LogP) is 4.34. The van der Waals surface area contributed by atoms with Crippen molar-refractivity contribution in [3.8, 4) is 11.4 Å². The van der Waals surface area contributed by atoms with Gasteiger partial charge in [-0.25, -0.2) is 9.18 Å². The third-order valence-electron chi connectivity index (χ3n) is 5.04. The number of fused-ring (bicyclic) bond motifs is 1. The van der Waals surface area contributed by atoms with Crippen molar-refractivity contribution in [1.29, 1.82) is 0 Å². The zero-order chi connectivity index (χ0) is 24.9. The Morgan fingerprint density at radius 2 is 1.77 bits per heavy atom. The number of esters is 1. The van der Waals surface area contributed by atoms with Gasteiger partial charge in [0.05, 0.1) is 30.7 Å². The van der Waals surface area contributed by atoms with Crippen LogP contribution in [0.3, 0.4) is 0 Å². The lowest BCUT2D eigenvalue weighted by Crippen LogP contribution is -2.25. The molecule has 4 rings (SSSR count). The average molecular weight is 496 g/mol. The molecule has 180 valence electrons. The fourth-order valence-corrected chi connectivity index (χ4v) is 4.43. The van der Waals surface area contributed by atoms with Gasteiger partial charge in [0.25, 0.3) is 5.56 Å². The first-order chi connectivity index (χ1) is 16.9.